The second kappa shape index (κ2) is 3.79. The fourth-order valence-electron chi connectivity index (χ4n) is 0.683. The van der Waals surface area contributed by atoms with Crippen LogP contribution in [0.1, 0.15) is 11.3 Å². The number of nitriles is 1. The number of allylic oxidation sites excluding steroid dienone is 1. The van der Waals surface area contributed by atoms with E-state index in [0.717, 1.165) is 5.56 Å². The molecule has 0 saturated heterocycles. The van der Waals surface area contributed by atoms with Crippen molar-refractivity contribution in [2.45, 2.75) is 0 Å². The predicted octanol–water partition coefficient (Wildman–Crippen LogP) is 1.53. The molecule has 56 valence electrons. The zero-order valence-electron chi connectivity index (χ0n) is 5.71. The van der Waals surface area contributed by atoms with Gasteiger partial charge >= 0.3 is 0 Å². The van der Waals surface area contributed by atoms with Crippen LogP contribution in [0.3, 0.4) is 0 Å². The summed E-state index contributed by atoms with van der Waals surface area (Å²) in [6, 6.07) is 1.97. The zero-order chi connectivity index (χ0) is 8.10. The number of nitrogens with one attached hydrogen (secondary N) is 1. The molecule has 1 rings (SSSR count). The number of aromatic amines is 1. The lowest BCUT2D eigenvalue weighted by Crippen LogP contribution is -1.76. The van der Waals surface area contributed by atoms with Crippen molar-refractivity contribution in [1.82, 2.24) is 10.2 Å². The van der Waals surface area contributed by atoms with Gasteiger partial charge in [0.2, 0.25) is 0 Å². The first-order chi connectivity index (χ1) is 5.38. The normalized spacial score (nSPS) is 10.2. The molecule has 0 amide bonds. The van der Waals surface area contributed by atoms with E-state index in [2.05, 4.69) is 10.2 Å². The number of nitrogens with zero attached hydrogens (tertiary/aromatic N) is 2. The van der Waals surface area contributed by atoms with Crippen molar-refractivity contribution in [2.24, 2.45) is 0 Å². The average Bonchev–Trinajstić information content (AvgIpc) is 2.47. The number of halogens is 1. The molecule has 0 unspecified atom stereocenters. The van der Waals surface area contributed by atoms with Crippen molar-refractivity contribution in [2.75, 3.05) is 5.88 Å². The third kappa shape index (κ3) is 1.82. The van der Waals surface area contributed by atoms with Gasteiger partial charge in [0.1, 0.15) is 11.8 Å². The Kier molecular flexibility index (Phi) is 2.70. The number of H-pyrrole nitrogens is 1. The van der Waals surface area contributed by atoms with Crippen molar-refractivity contribution in [1.29, 1.82) is 5.26 Å². The largest absolute Gasteiger partial charge is 0.267 e. The number of alkyl halides is 1. The van der Waals surface area contributed by atoms with Gasteiger partial charge in [-0.1, -0.05) is 12.2 Å². The van der Waals surface area contributed by atoms with Crippen LogP contribution in [0, 0.1) is 11.3 Å². The van der Waals surface area contributed by atoms with Crippen LogP contribution in [0.5, 0.6) is 0 Å². The second-order valence-electron chi connectivity index (χ2n) is 1.87. The third-order valence-electron chi connectivity index (χ3n) is 1.17. The van der Waals surface area contributed by atoms with Crippen molar-refractivity contribution in [3.63, 3.8) is 0 Å². The molecule has 0 bridgehead atoms. The maximum atomic E-state index is 8.52. The Balaban J connectivity index is 2.87. The van der Waals surface area contributed by atoms with E-state index >= 15 is 0 Å². The fourth-order valence-corrected chi connectivity index (χ4v) is 0.772. The molecule has 0 fully saturated rings. The standard InChI is InChI=1S/C7H6ClN3/c8-3-1-2-6-5-10-11-7(6)4-9/h1-2,5H,3H2,(H,10,11). The summed E-state index contributed by atoms with van der Waals surface area (Å²) >= 11 is 5.41. The minimum Gasteiger partial charge on any atom is -0.267 e. The molecule has 11 heavy (non-hydrogen) atoms. The van der Waals surface area contributed by atoms with Crippen molar-refractivity contribution in [3.8, 4) is 6.07 Å². The summed E-state index contributed by atoms with van der Waals surface area (Å²) in [5, 5.41) is 14.8. The molecule has 0 aliphatic heterocycles. The molecule has 3 nitrogen and oxygen atoms in total. The molecular formula is C7H6ClN3. The van der Waals surface area contributed by atoms with Gasteiger partial charge in [0, 0.05) is 11.4 Å². The highest BCUT2D eigenvalue weighted by atomic mass is 35.5. The highest BCUT2D eigenvalue weighted by molar-refractivity contribution is 6.19. The minimum absolute atomic E-state index is 0.441. The van der Waals surface area contributed by atoms with Gasteiger partial charge < -0.3 is 0 Å². The van der Waals surface area contributed by atoms with E-state index in [1.54, 1.807) is 18.3 Å². The molecule has 0 radical (unpaired) electrons. The smallest absolute Gasteiger partial charge is 0.142 e. The number of hydrogen-bond donors (Lipinski definition) is 1. The average molecular weight is 168 g/mol. The molecule has 1 heterocycles. The van der Waals surface area contributed by atoms with E-state index in [0.29, 0.717) is 11.6 Å². The van der Waals surface area contributed by atoms with Gasteiger partial charge in [-0.2, -0.15) is 10.4 Å². The highest BCUT2D eigenvalue weighted by Crippen LogP contribution is 2.04. The second-order valence-corrected chi connectivity index (χ2v) is 2.18. The van der Waals surface area contributed by atoms with E-state index in [4.69, 9.17) is 16.9 Å². The molecule has 0 aromatic carbocycles. The van der Waals surface area contributed by atoms with Crippen LogP contribution in [0.2, 0.25) is 0 Å². The van der Waals surface area contributed by atoms with Gasteiger partial charge in [-0.15, -0.1) is 11.6 Å². The van der Waals surface area contributed by atoms with Gasteiger partial charge in [0.15, 0.2) is 0 Å². The van der Waals surface area contributed by atoms with E-state index in [9.17, 15) is 0 Å². The summed E-state index contributed by atoms with van der Waals surface area (Å²) in [6.45, 7) is 0. The molecule has 4 heteroatoms. The predicted molar refractivity (Wildman–Crippen MR) is 43.1 cm³/mol. The number of aromatic nitrogens is 2. The van der Waals surface area contributed by atoms with Gasteiger partial charge in [0.25, 0.3) is 0 Å². The van der Waals surface area contributed by atoms with Crippen LogP contribution >= 0.6 is 11.6 Å². The molecule has 0 saturated carbocycles. The molecule has 1 N–H and O–H groups in total. The summed E-state index contributed by atoms with van der Waals surface area (Å²) in [5.74, 6) is 0.441. The van der Waals surface area contributed by atoms with E-state index in [-0.39, 0.29) is 0 Å². The fraction of sp³-hybridized carbons (Fsp3) is 0.143. The minimum atomic E-state index is 0.441. The first-order valence-electron chi connectivity index (χ1n) is 3.04. The molecule has 1 aromatic heterocycles. The summed E-state index contributed by atoms with van der Waals surface area (Å²) in [4.78, 5) is 0. The molecule has 0 aliphatic rings. The van der Waals surface area contributed by atoms with Gasteiger partial charge in [-0.25, -0.2) is 0 Å². The van der Waals surface area contributed by atoms with Crippen molar-refractivity contribution >= 4 is 17.7 Å². The van der Waals surface area contributed by atoms with Gasteiger partial charge in [-0.3, -0.25) is 5.10 Å². The topological polar surface area (TPSA) is 52.5 Å². The first-order valence-corrected chi connectivity index (χ1v) is 3.58. The van der Waals surface area contributed by atoms with Crippen LogP contribution < -0.4 is 0 Å². The quantitative estimate of drug-likeness (QED) is 0.680. The van der Waals surface area contributed by atoms with E-state index < -0.39 is 0 Å². The SMILES string of the molecule is N#Cc1[nH]ncc1C=CCCl. The summed E-state index contributed by atoms with van der Waals surface area (Å²) < 4.78 is 0. The number of hydrogen-bond acceptors (Lipinski definition) is 2. The van der Waals surface area contributed by atoms with Crippen LogP contribution in [-0.4, -0.2) is 16.1 Å². The monoisotopic (exact) mass is 167 g/mol. The Hall–Kier alpha value is -1.27. The summed E-state index contributed by atoms with van der Waals surface area (Å²) in [6.07, 6.45) is 5.10. The van der Waals surface area contributed by atoms with E-state index in [1.807, 2.05) is 6.07 Å². The lowest BCUT2D eigenvalue weighted by molar-refractivity contribution is 1.07. The maximum absolute atomic E-state index is 8.52. The zero-order valence-corrected chi connectivity index (χ0v) is 6.47. The first kappa shape index (κ1) is 7.83. The summed E-state index contributed by atoms with van der Waals surface area (Å²) in [5.41, 5.74) is 1.24. The van der Waals surface area contributed by atoms with Crippen molar-refractivity contribution in [3.05, 3.63) is 23.5 Å². The Morgan fingerprint density at radius 1 is 1.82 bits per heavy atom. The highest BCUT2D eigenvalue weighted by Gasteiger charge is 1.97. The molecular weight excluding hydrogens is 162 g/mol. The molecule has 0 atom stereocenters. The Morgan fingerprint density at radius 3 is 3.27 bits per heavy atom. The molecule has 0 spiro atoms. The van der Waals surface area contributed by atoms with E-state index in [1.165, 1.54) is 0 Å². The van der Waals surface area contributed by atoms with Gasteiger partial charge in [0.05, 0.1) is 6.20 Å². The lowest BCUT2D eigenvalue weighted by atomic mass is 10.2. The van der Waals surface area contributed by atoms with Crippen LogP contribution in [-0.2, 0) is 0 Å². The maximum Gasteiger partial charge on any atom is 0.142 e. The van der Waals surface area contributed by atoms with Crippen molar-refractivity contribution < 1.29 is 0 Å². The van der Waals surface area contributed by atoms with Crippen LogP contribution in [0.15, 0.2) is 12.3 Å². The number of rotatable bonds is 2. The third-order valence-corrected chi connectivity index (χ3v) is 1.35. The molecule has 1 aromatic rings. The summed E-state index contributed by atoms with van der Waals surface area (Å²) in [7, 11) is 0. The van der Waals surface area contributed by atoms with Crippen LogP contribution in [0.4, 0.5) is 0 Å². The Morgan fingerprint density at radius 2 is 2.64 bits per heavy atom. The Labute approximate surface area is 69.3 Å². The Bertz CT molecular complexity index is 295. The lowest BCUT2D eigenvalue weighted by Gasteiger charge is -1.82. The molecule has 0 aliphatic carbocycles. The van der Waals surface area contributed by atoms with Crippen LogP contribution in [0.25, 0.3) is 6.08 Å². The van der Waals surface area contributed by atoms with Gasteiger partial charge in [-0.05, 0) is 0 Å².